The Morgan fingerprint density at radius 1 is 1.07 bits per heavy atom. The Kier molecular flexibility index (Phi) is 6.04. The number of sulfonamides is 1. The van der Waals surface area contributed by atoms with Crippen LogP contribution in [0.4, 0.5) is 5.69 Å². The van der Waals surface area contributed by atoms with Crippen LogP contribution in [0.1, 0.15) is 10.4 Å². The molecule has 1 N–H and O–H groups in total. The fourth-order valence-electron chi connectivity index (χ4n) is 2.53. The van der Waals surface area contributed by atoms with Crippen LogP contribution in [0.5, 0.6) is 11.5 Å². The van der Waals surface area contributed by atoms with Gasteiger partial charge in [-0.25, -0.2) is 17.5 Å². The summed E-state index contributed by atoms with van der Waals surface area (Å²) in [5.41, 5.74) is 0.495. The van der Waals surface area contributed by atoms with Gasteiger partial charge in [0.15, 0.2) is 18.1 Å². The second-order valence-corrected chi connectivity index (χ2v) is 8.45. The zero-order valence-corrected chi connectivity index (χ0v) is 16.7. The van der Waals surface area contributed by atoms with E-state index in [1.54, 1.807) is 6.07 Å². The summed E-state index contributed by atoms with van der Waals surface area (Å²) < 4.78 is 41.2. The van der Waals surface area contributed by atoms with Gasteiger partial charge in [0.2, 0.25) is 10.0 Å². The minimum absolute atomic E-state index is 0.0357. The van der Waals surface area contributed by atoms with Crippen molar-refractivity contribution in [1.29, 1.82) is 0 Å². The van der Waals surface area contributed by atoms with E-state index in [1.807, 2.05) is 0 Å². The van der Waals surface area contributed by atoms with Gasteiger partial charge in [-0.1, -0.05) is 6.07 Å². The van der Waals surface area contributed by atoms with E-state index >= 15 is 0 Å². The summed E-state index contributed by atoms with van der Waals surface area (Å²) in [5.74, 6) is -0.316. The molecule has 2 aromatic carbocycles. The maximum Gasteiger partial charge on any atom is 0.338 e. The number of nitrogens with zero attached hydrogens (tertiary/aromatic N) is 1. The second-order valence-electron chi connectivity index (χ2n) is 6.30. The maximum absolute atomic E-state index is 12.2. The average molecular weight is 420 g/mol. The van der Waals surface area contributed by atoms with E-state index in [2.05, 4.69) is 5.32 Å². The van der Waals surface area contributed by atoms with E-state index in [-0.39, 0.29) is 16.1 Å². The van der Waals surface area contributed by atoms with Crippen LogP contribution >= 0.6 is 0 Å². The maximum atomic E-state index is 12.2. The van der Waals surface area contributed by atoms with Gasteiger partial charge in [0.05, 0.1) is 10.5 Å². The van der Waals surface area contributed by atoms with Gasteiger partial charge in [0, 0.05) is 19.8 Å². The number of fused-ring (bicyclic) bond motifs is 1. The molecule has 1 aliphatic rings. The molecule has 0 aromatic heterocycles. The standard InChI is InChI=1S/C19H20N2O7S/c1-21(2)29(24,25)15-5-3-4-14(11-15)20-18(22)12-28-19(23)13-6-7-16-17(10-13)27-9-8-26-16/h3-7,10-11H,8-9,12H2,1-2H3,(H,20,22). The van der Waals surface area contributed by atoms with Crippen molar-refractivity contribution in [3.05, 3.63) is 48.0 Å². The van der Waals surface area contributed by atoms with Crippen molar-refractivity contribution >= 4 is 27.6 Å². The van der Waals surface area contributed by atoms with Crippen molar-refractivity contribution in [2.24, 2.45) is 0 Å². The van der Waals surface area contributed by atoms with E-state index in [0.717, 1.165) is 4.31 Å². The van der Waals surface area contributed by atoms with E-state index in [9.17, 15) is 18.0 Å². The Hall–Kier alpha value is -3.11. The van der Waals surface area contributed by atoms with Gasteiger partial charge in [-0.15, -0.1) is 0 Å². The highest BCUT2D eigenvalue weighted by Crippen LogP contribution is 2.30. The quantitative estimate of drug-likeness (QED) is 0.705. The number of anilines is 1. The first-order valence-corrected chi connectivity index (χ1v) is 10.1. The van der Waals surface area contributed by atoms with Crippen molar-refractivity contribution in [2.45, 2.75) is 4.90 Å². The highest BCUT2D eigenvalue weighted by molar-refractivity contribution is 7.89. The van der Waals surface area contributed by atoms with Gasteiger partial charge in [-0.3, -0.25) is 4.79 Å². The fourth-order valence-corrected chi connectivity index (χ4v) is 3.48. The molecule has 29 heavy (non-hydrogen) atoms. The molecule has 10 heteroatoms. The summed E-state index contributed by atoms with van der Waals surface area (Å²) >= 11 is 0. The lowest BCUT2D eigenvalue weighted by atomic mass is 10.2. The number of hydrogen-bond acceptors (Lipinski definition) is 7. The molecule has 0 bridgehead atoms. The number of nitrogens with one attached hydrogen (secondary N) is 1. The van der Waals surface area contributed by atoms with Crippen molar-refractivity contribution in [1.82, 2.24) is 4.31 Å². The number of esters is 1. The zero-order valence-electron chi connectivity index (χ0n) is 15.9. The first-order chi connectivity index (χ1) is 13.8. The van der Waals surface area contributed by atoms with Crippen LogP contribution in [0.15, 0.2) is 47.4 Å². The van der Waals surface area contributed by atoms with Crippen molar-refractivity contribution < 1.29 is 32.2 Å². The summed E-state index contributed by atoms with van der Waals surface area (Å²) in [5, 5.41) is 2.51. The average Bonchev–Trinajstić information content (AvgIpc) is 2.71. The summed E-state index contributed by atoms with van der Waals surface area (Å²) in [6.45, 7) is 0.294. The van der Waals surface area contributed by atoms with Crippen LogP contribution in [-0.4, -0.2) is 58.5 Å². The Morgan fingerprint density at radius 2 is 1.79 bits per heavy atom. The summed E-state index contributed by atoms with van der Waals surface area (Å²) in [6.07, 6.45) is 0. The lowest BCUT2D eigenvalue weighted by Gasteiger charge is -2.18. The molecule has 0 atom stereocenters. The van der Waals surface area contributed by atoms with E-state index in [0.29, 0.717) is 24.7 Å². The molecule has 0 spiro atoms. The molecule has 9 nitrogen and oxygen atoms in total. The van der Waals surface area contributed by atoms with Gasteiger partial charge in [-0.05, 0) is 36.4 Å². The monoisotopic (exact) mass is 420 g/mol. The normalized spacial score (nSPS) is 13.1. The number of amides is 1. The Bertz CT molecular complexity index is 1030. The van der Waals surface area contributed by atoms with Crippen molar-refractivity contribution in [2.75, 3.05) is 39.2 Å². The van der Waals surface area contributed by atoms with Crippen LogP contribution < -0.4 is 14.8 Å². The summed E-state index contributed by atoms with van der Waals surface area (Å²) in [6, 6.07) is 10.4. The predicted molar refractivity (Wildman–Crippen MR) is 104 cm³/mol. The molecule has 0 saturated heterocycles. The largest absolute Gasteiger partial charge is 0.486 e. The Labute approximate surface area is 168 Å². The van der Waals surface area contributed by atoms with Gasteiger partial charge < -0.3 is 19.5 Å². The predicted octanol–water partition coefficient (Wildman–Crippen LogP) is 1.50. The van der Waals surface area contributed by atoms with Crippen molar-refractivity contribution in [3.63, 3.8) is 0 Å². The number of hydrogen-bond donors (Lipinski definition) is 1. The van der Waals surface area contributed by atoms with Crippen LogP contribution in [0.2, 0.25) is 0 Å². The highest BCUT2D eigenvalue weighted by Gasteiger charge is 2.19. The van der Waals surface area contributed by atoms with E-state index < -0.39 is 28.5 Å². The molecule has 1 amide bonds. The zero-order chi connectivity index (χ0) is 21.0. The van der Waals surface area contributed by atoms with Crippen LogP contribution in [0.3, 0.4) is 0 Å². The first-order valence-electron chi connectivity index (χ1n) is 8.66. The Morgan fingerprint density at radius 3 is 2.52 bits per heavy atom. The molecule has 3 rings (SSSR count). The number of ether oxygens (including phenoxy) is 3. The molecule has 1 aliphatic heterocycles. The second kappa shape index (κ2) is 8.50. The van der Waals surface area contributed by atoms with Gasteiger partial charge in [-0.2, -0.15) is 0 Å². The molecule has 1 heterocycles. The number of carbonyl (C=O) groups excluding carboxylic acids is 2. The molecular formula is C19H20N2O7S. The van der Waals surface area contributed by atoms with Gasteiger partial charge >= 0.3 is 5.97 Å². The molecular weight excluding hydrogens is 400 g/mol. The first kappa shape index (κ1) is 20.6. The van der Waals surface area contributed by atoms with Gasteiger partial charge in [0.25, 0.3) is 5.91 Å². The molecule has 0 fully saturated rings. The minimum atomic E-state index is -3.63. The minimum Gasteiger partial charge on any atom is -0.486 e. The van der Waals surface area contributed by atoms with Crippen molar-refractivity contribution in [3.8, 4) is 11.5 Å². The third kappa shape index (κ3) is 4.84. The lowest BCUT2D eigenvalue weighted by molar-refractivity contribution is -0.119. The molecule has 0 radical (unpaired) electrons. The molecule has 0 aliphatic carbocycles. The smallest absolute Gasteiger partial charge is 0.338 e. The van der Waals surface area contributed by atoms with Crippen LogP contribution in [0, 0.1) is 0 Å². The number of benzene rings is 2. The summed E-state index contributed by atoms with van der Waals surface area (Å²) in [7, 11) is -0.801. The number of carbonyl (C=O) groups is 2. The SMILES string of the molecule is CN(C)S(=O)(=O)c1cccc(NC(=O)COC(=O)c2ccc3c(c2)OCCO3)c1. The molecule has 154 valence electrons. The third-order valence-electron chi connectivity index (χ3n) is 4.01. The Balaban J connectivity index is 1.60. The van der Waals surface area contributed by atoms with E-state index in [4.69, 9.17) is 14.2 Å². The molecule has 2 aromatic rings. The molecule has 0 unspecified atom stereocenters. The molecule has 0 saturated carbocycles. The fraction of sp³-hybridized carbons (Fsp3) is 0.263. The summed E-state index contributed by atoms with van der Waals surface area (Å²) in [4.78, 5) is 24.3. The van der Waals surface area contributed by atoms with E-state index in [1.165, 1.54) is 50.5 Å². The number of rotatable bonds is 6. The van der Waals surface area contributed by atoms with Crippen LogP contribution in [-0.2, 0) is 19.6 Å². The third-order valence-corrected chi connectivity index (χ3v) is 5.82. The van der Waals surface area contributed by atoms with Gasteiger partial charge in [0.1, 0.15) is 13.2 Å². The topological polar surface area (TPSA) is 111 Å². The van der Waals surface area contributed by atoms with Crippen LogP contribution in [0.25, 0.3) is 0 Å². The highest BCUT2D eigenvalue weighted by atomic mass is 32.2. The lowest BCUT2D eigenvalue weighted by Crippen LogP contribution is -2.23.